The summed E-state index contributed by atoms with van der Waals surface area (Å²) in [6.45, 7) is 0. The van der Waals surface area contributed by atoms with Crippen LogP contribution in [-0.4, -0.2) is 9.97 Å². The molecule has 0 spiro atoms. The van der Waals surface area contributed by atoms with Crippen molar-refractivity contribution in [2.45, 2.75) is 0 Å². The van der Waals surface area contributed by atoms with Crippen LogP contribution in [0.25, 0.3) is 88.5 Å². The van der Waals surface area contributed by atoms with E-state index < -0.39 is 0 Å². The molecular formula is C42H26N2O. The molecule has 2 heterocycles. The van der Waals surface area contributed by atoms with Crippen molar-refractivity contribution in [1.29, 1.82) is 0 Å². The predicted octanol–water partition coefficient (Wildman–Crippen LogP) is 11.4. The highest BCUT2D eigenvalue weighted by Gasteiger charge is 2.19. The Morgan fingerprint density at radius 3 is 1.89 bits per heavy atom. The van der Waals surface area contributed by atoms with Crippen LogP contribution in [0.15, 0.2) is 162 Å². The van der Waals surface area contributed by atoms with Crippen LogP contribution in [0, 0.1) is 0 Å². The molecule has 0 saturated heterocycles. The van der Waals surface area contributed by atoms with E-state index in [0.717, 1.165) is 66.2 Å². The van der Waals surface area contributed by atoms with Crippen LogP contribution in [0.1, 0.15) is 0 Å². The minimum atomic E-state index is 0.667. The molecule has 0 aliphatic heterocycles. The van der Waals surface area contributed by atoms with Gasteiger partial charge in [0.05, 0.1) is 11.2 Å². The summed E-state index contributed by atoms with van der Waals surface area (Å²) >= 11 is 0. The van der Waals surface area contributed by atoms with Crippen LogP contribution in [-0.2, 0) is 0 Å². The number of benzene rings is 7. The van der Waals surface area contributed by atoms with E-state index >= 15 is 0 Å². The maximum absolute atomic E-state index is 6.65. The second kappa shape index (κ2) is 10.3. The lowest BCUT2D eigenvalue weighted by Crippen LogP contribution is -1.95. The minimum absolute atomic E-state index is 0.667. The summed E-state index contributed by atoms with van der Waals surface area (Å²) in [7, 11) is 0. The van der Waals surface area contributed by atoms with Gasteiger partial charge in [-0.3, -0.25) is 0 Å². The lowest BCUT2D eigenvalue weighted by molar-refractivity contribution is 0.669. The number of nitrogens with zero attached hydrogens (tertiary/aromatic N) is 2. The van der Waals surface area contributed by atoms with Crippen molar-refractivity contribution in [1.82, 2.24) is 9.97 Å². The lowest BCUT2D eigenvalue weighted by atomic mass is 9.93. The molecule has 0 aliphatic rings. The average Bonchev–Trinajstić information content (AvgIpc) is 3.47. The zero-order chi connectivity index (χ0) is 29.7. The number of furan rings is 1. The first-order valence-corrected chi connectivity index (χ1v) is 15.2. The number of aromatic nitrogens is 2. The van der Waals surface area contributed by atoms with Crippen molar-refractivity contribution in [2.75, 3.05) is 0 Å². The molecule has 0 amide bonds. The Morgan fingerprint density at radius 2 is 1.07 bits per heavy atom. The molecular weight excluding hydrogens is 548 g/mol. The van der Waals surface area contributed by atoms with Crippen LogP contribution < -0.4 is 0 Å². The van der Waals surface area contributed by atoms with Crippen LogP contribution >= 0.6 is 0 Å². The van der Waals surface area contributed by atoms with Crippen LogP contribution in [0.2, 0.25) is 0 Å². The van der Waals surface area contributed by atoms with E-state index in [1.54, 1.807) is 0 Å². The van der Waals surface area contributed by atoms with Gasteiger partial charge in [0.15, 0.2) is 5.82 Å². The number of para-hydroxylation sites is 1. The molecule has 0 saturated carbocycles. The number of fused-ring (bicyclic) bond motifs is 5. The number of hydrogen-bond acceptors (Lipinski definition) is 3. The SMILES string of the molecule is c1ccc(-c2cccc(-c3cc(-c4nc(-c5ccccc5)c5ccccc5n4)cc4oc5cc6ccccc6cc5c34)c2)cc1. The third-order valence-corrected chi connectivity index (χ3v) is 8.63. The zero-order valence-corrected chi connectivity index (χ0v) is 24.3. The lowest BCUT2D eigenvalue weighted by Gasteiger charge is -2.12. The molecule has 0 bridgehead atoms. The Hall–Kier alpha value is -6.06. The molecule has 0 aliphatic carbocycles. The molecule has 9 rings (SSSR count). The van der Waals surface area contributed by atoms with E-state index in [9.17, 15) is 0 Å². The van der Waals surface area contributed by atoms with E-state index in [2.05, 4.69) is 127 Å². The van der Waals surface area contributed by atoms with Gasteiger partial charge in [-0.05, 0) is 69.4 Å². The maximum atomic E-state index is 6.65. The van der Waals surface area contributed by atoms with Crippen LogP contribution in [0.3, 0.4) is 0 Å². The second-order valence-corrected chi connectivity index (χ2v) is 11.4. The van der Waals surface area contributed by atoms with Gasteiger partial charge in [0.2, 0.25) is 0 Å². The second-order valence-electron chi connectivity index (χ2n) is 11.4. The topological polar surface area (TPSA) is 38.9 Å². The van der Waals surface area contributed by atoms with Crippen molar-refractivity contribution < 1.29 is 4.42 Å². The fourth-order valence-electron chi connectivity index (χ4n) is 6.47. The first kappa shape index (κ1) is 25.4. The van der Waals surface area contributed by atoms with Gasteiger partial charge < -0.3 is 4.42 Å². The van der Waals surface area contributed by atoms with Crippen molar-refractivity contribution in [3.8, 4) is 44.9 Å². The van der Waals surface area contributed by atoms with Crippen molar-refractivity contribution >= 4 is 43.6 Å². The molecule has 7 aromatic carbocycles. The third-order valence-electron chi connectivity index (χ3n) is 8.63. The largest absolute Gasteiger partial charge is 0.456 e. The van der Waals surface area contributed by atoms with Crippen LogP contribution in [0.5, 0.6) is 0 Å². The molecule has 9 aromatic rings. The Labute approximate surface area is 260 Å². The van der Waals surface area contributed by atoms with Gasteiger partial charge in [-0.15, -0.1) is 0 Å². The summed E-state index contributed by atoms with van der Waals surface area (Å²) in [6, 6.07) is 55.0. The standard InChI is InChI=1S/C42H26N2O/c1-3-12-27(13-4-1)29-18-11-19-32(22-29)35-24-33(26-39-40(35)36-23-30-16-7-8-17-31(30)25-38(36)45-39)42-43-37-21-10-9-20-34(37)41(44-42)28-14-5-2-6-15-28/h1-26H. The molecule has 0 unspecified atom stereocenters. The molecule has 210 valence electrons. The quantitative estimate of drug-likeness (QED) is 0.210. The van der Waals surface area contributed by atoms with E-state index in [-0.39, 0.29) is 0 Å². The molecule has 0 N–H and O–H groups in total. The first-order valence-electron chi connectivity index (χ1n) is 15.2. The fourth-order valence-corrected chi connectivity index (χ4v) is 6.47. The van der Waals surface area contributed by atoms with Crippen molar-refractivity contribution in [3.63, 3.8) is 0 Å². The smallest absolute Gasteiger partial charge is 0.160 e. The molecule has 3 nitrogen and oxygen atoms in total. The molecule has 0 fully saturated rings. The highest BCUT2D eigenvalue weighted by atomic mass is 16.3. The molecule has 2 aromatic heterocycles. The molecule has 0 radical (unpaired) electrons. The van der Waals surface area contributed by atoms with Gasteiger partial charge in [0, 0.05) is 27.3 Å². The van der Waals surface area contributed by atoms with E-state index in [1.807, 2.05) is 30.3 Å². The summed E-state index contributed by atoms with van der Waals surface area (Å²) in [5.41, 5.74) is 10.0. The van der Waals surface area contributed by atoms with Crippen LogP contribution in [0.4, 0.5) is 0 Å². The summed E-state index contributed by atoms with van der Waals surface area (Å²) in [4.78, 5) is 10.3. The van der Waals surface area contributed by atoms with Crippen molar-refractivity contribution in [3.05, 3.63) is 158 Å². The van der Waals surface area contributed by atoms with Gasteiger partial charge in [0.1, 0.15) is 11.2 Å². The molecule has 3 heteroatoms. The van der Waals surface area contributed by atoms with Gasteiger partial charge in [-0.1, -0.05) is 121 Å². The number of rotatable bonds is 4. The Bertz CT molecular complexity index is 2530. The summed E-state index contributed by atoms with van der Waals surface area (Å²) in [5.74, 6) is 0.667. The van der Waals surface area contributed by atoms with Gasteiger partial charge in [-0.2, -0.15) is 0 Å². The maximum Gasteiger partial charge on any atom is 0.160 e. The monoisotopic (exact) mass is 574 g/mol. The van der Waals surface area contributed by atoms with Gasteiger partial charge >= 0.3 is 0 Å². The normalized spacial score (nSPS) is 11.6. The molecule has 45 heavy (non-hydrogen) atoms. The Balaban J connectivity index is 1.34. The third kappa shape index (κ3) is 4.37. The van der Waals surface area contributed by atoms with E-state index in [4.69, 9.17) is 14.4 Å². The fraction of sp³-hybridized carbons (Fsp3) is 0. The van der Waals surface area contributed by atoms with Gasteiger partial charge in [-0.25, -0.2) is 9.97 Å². The summed E-state index contributed by atoms with van der Waals surface area (Å²) < 4.78 is 6.65. The highest BCUT2D eigenvalue weighted by Crippen LogP contribution is 2.42. The number of hydrogen-bond donors (Lipinski definition) is 0. The molecule has 0 atom stereocenters. The average molecular weight is 575 g/mol. The predicted molar refractivity (Wildman–Crippen MR) is 186 cm³/mol. The summed E-state index contributed by atoms with van der Waals surface area (Å²) in [5, 5.41) is 5.56. The van der Waals surface area contributed by atoms with Crippen molar-refractivity contribution in [2.24, 2.45) is 0 Å². The minimum Gasteiger partial charge on any atom is -0.456 e. The van der Waals surface area contributed by atoms with Gasteiger partial charge in [0.25, 0.3) is 0 Å². The van der Waals surface area contributed by atoms with E-state index in [0.29, 0.717) is 5.82 Å². The highest BCUT2D eigenvalue weighted by molar-refractivity contribution is 6.16. The van der Waals surface area contributed by atoms with E-state index in [1.165, 1.54) is 16.5 Å². The first-order chi connectivity index (χ1) is 22.3. The summed E-state index contributed by atoms with van der Waals surface area (Å²) in [6.07, 6.45) is 0. The zero-order valence-electron chi connectivity index (χ0n) is 24.3. The Morgan fingerprint density at radius 1 is 0.400 bits per heavy atom. The Kier molecular flexibility index (Phi) is 5.82.